The van der Waals surface area contributed by atoms with Gasteiger partial charge in [0, 0.05) is 23.7 Å². The molecular weight excluding hydrogens is 340 g/mol. The van der Waals surface area contributed by atoms with Gasteiger partial charge in [0.05, 0.1) is 18.7 Å². The summed E-state index contributed by atoms with van der Waals surface area (Å²) in [6, 6.07) is 1.67. The predicted octanol–water partition coefficient (Wildman–Crippen LogP) is 1.89. The fraction of sp³-hybridized carbons (Fsp3) is 0.357. The molecule has 1 unspecified atom stereocenters. The molecule has 1 fully saturated rings. The van der Waals surface area contributed by atoms with Crippen molar-refractivity contribution < 1.29 is 14.3 Å². The van der Waals surface area contributed by atoms with Crippen LogP contribution in [0.25, 0.3) is 11.3 Å². The maximum Gasteiger partial charge on any atom is 0.354 e. The molecule has 7 nitrogen and oxygen atoms in total. The first-order valence-electron chi connectivity index (χ1n) is 6.91. The van der Waals surface area contributed by atoms with E-state index in [2.05, 4.69) is 25.3 Å². The molecule has 2 aromatic heterocycles. The van der Waals surface area contributed by atoms with E-state index in [9.17, 15) is 9.59 Å². The third-order valence-electron chi connectivity index (χ3n) is 3.55. The smallest absolute Gasteiger partial charge is 0.354 e. The van der Waals surface area contributed by atoms with E-state index in [1.165, 1.54) is 18.4 Å². The molecule has 23 heavy (non-hydrogen) atoms. The number of halogens is 1. The Morgan fingerprint density at radius 2 is 2.30 bits per heavy atom. The van der Waals surface area contributed by atoms with Crippen LogP contribution in [0.1, 0.15) is 16.9 Å². The predicted molar refractivity (Wildman–Crippen MR) is 90.1 cm³/mol. The molecule has 0 bridgehead atoms. The first-order chi connectivity index (χ1) is 10.7. The van der Waals surface area contributed by atoms with E-state index in [-0.39, 0.29) is 24.2 Å². The van der Waals surface area contributed by atoms with Gasteiger partial charge in [-0.2, -0.15) is 0 Å². The monoisotopic (exact) mass is 356 g/mol. The topological polar surface area (TPSA) is 96.1 Å². The molecule has 0 aromatic carbocycles. The summed E-state index contributed by atoms with van der Waals surface area (Å²) >= 11 is 1.36. The second-order valence-corrected chi connectivity index (χ2v) is 5.87. The van der Waals surface area contributed by atoms with Gasteiger partial charge >= 0.3 is 5.97 Å². The number of hydrogen-bond donors (Lipinski definition) is 3. The van der Waals surface area contributed by atoms with Gasteiger partial charge in [-0.15, -0.1) is 23.7 Å². The molecule has 1 amide bonds. The molecule has 3 rings (SSSR count). The number of thiazole rings is 1. The maximum atomic E-state index is 12.0. The van der Waals surface area contributed by atoms with Crippen molar-refractivity contribution in [2.24, 2.45) is 5.92 Å². The number of anilines is 1. The molecule has 3 heterocycles. The Hall–Kier alpha value is -1.90. The second-order valence-electron chi connectivity index (χ2n) is 5.01. The average molecular weight is 357 g/mol. The van der Waals surface area contributed by atoms with Crippen LogP contribution >= 0.6 is 23.7 Å². The summed E-state index contributed by atoms with van der Waals surface area (Å²) in [5.41, 5.74) is 1.85. The minimum atomic E-state index is -0.427. The SMILES string of the molecule is COC(=O)c1cc(-c2csc(NC(=O)C3CCNC3)n2)c[nH]1.Cl. The van der Waals surface area contributed by atoms with E-state index in [1.54, 1.807) is 12.3 Å². The number of carbonyl (C=O) groups excluding carboxylic acids is 2. The van der Waals surface area contributed by atoms with E-state index < -0.39 is 5.97 Å². The van der Waals surface area contributed by atoms with Crippen LogP contribution in [0.15, 0.2) is 17.6 Å². The van der Waals surface area contributed by atoms with Crippen molar-refractivity contribution >= 4 is 40.8 Å². The van der Waals surface area contributed by atoms with Crippen LogP contribution < -0.4 is 10.6 Å². The lowest BCUT2D eigenvalue weighted by Gasteiger charge is -2.06. The molecule has 0 radical (unpaired) electrons. The second kappa shape index (κ2) is 7.58. The molecule has 3 N–H and O–H groups in total. The summed E-state index contributed by atoms with van der Waals surface area (Å²) in [6.45, 7) is 1.59. The molecule has 1 atom stereocenters. The number of esters is 1. The summed E-state index contributed by atoms with van der Waals surface area (Å²) < 4.78 is 4.65. The lowest BCUT2D eigenvalue weighted by Crippen LogP contribution is -2.24. The number of nitrogens with one attached hydrogen (secondary N) is 3. The van der Waals surface area contributed by atoms with E-state index in [1.807, 2.05) is 5.38 Å². The van der Waals surface area contributed by atoms with E-state index in [4.69, 9.17) is 0 Å². The minimum Gasteiger partial charge on any atom is -0.464 e. The molecule has 1 saturated heterocycles. The Balaban J connectivity index is 0.00000192. The Kier molecular flexibility index (Phi) is 5.75. The Bertz CT molecular complexity index is 694. The minimum absolute atomic E-state index is 0. The zero-order valence-electron chi connectivity index (χ0n) is 12.4. The molecule has 0 spiro atoms. The molecule has 2 aromatic rings. The number of amides is 1. The number of aromatic nitrogens is 2. The van der Waals surface area contributed by atoms with Crippen LogP contribution in [0, 0.1) is 5.92 Å². The zero-order valence-corrected chi connectivity index (χ0v) is 14.1. The number of ether oxygens (including phenoxy) is 1. The highest BCUT2D eigenvalue weighted by atomic mass is 35.5. The van der Waals surface area contributed by atoms with Gasteiger partial charge in [-0.1, -0.05) is 0 Å². The number of aromatic amines is 1. The maximum absolute atomic E-state index is 12.0. The largest absolute Gasteiger partial charge is 0.464 e. The highest BCUT2D eigenvalue weighted by molar-refractivity contribution is 7.14. The van der Waals surface area contributed by atoms with Crippen molar-refractivity contribution in [1.82, 2.24) is 15.3 Å². The fourth-order valence-corrected chi connectivity index (χ4v) is 3.04. The third-order valence-corrected chi connectivity index (χ3v) is 4.31. The summed E-state index contributed by atoms with van der Waals surface area (Å²) in [7, 11) is 1.33. The van der Waals surface area contributed by atoms with Gasteiger partial charge in [0.15, 0.2) is 5.13 Å². The van der Waals surface area contributed by atoms with Gasteiger partial charge in [0.25, 0.3) is 0 Å². The lowest BCUT2D eigenvalue weighted by molar-refractivity contribution is -0.119. The van der Waals surface area contributed by atoms with Crippen molar-refractivity contribution in [3.63, 3.8) is 0 Å². The summed E-state index contributed by atoms with van der Waals surface area (Å²) in [5.74, 6) is -0.426. The van der Waals surface area contributed by atoms with Crippen LogP contribution in [-0.4, -0.2) is 42.0 Å². The number of nitrogens with zero attached hydrogens (tertiary/aromatic N) is 1. The van der Waals surface area contributed by atoms with Crippen molar-refractivity contribution in [2.45, 2.75) is 6.42 Å². The first-order valence-corrected chi connectivity index (χ1v) is 7.79. The van der Waals surface area contributed by atoms with E-state index in [0.29, 0.717) is 23.1 Å². The normalized spacial score (nSPS) is 16.7. The van der Waals surface area contributed by atoms with Gasteiger partial charge < -0.3 is 20.4 Å². The molecule has 0 saturated carbocycles. The molecule has 9 heteroatoms. The standard InChI is InChI=1S/C14H16N4O3S.ClH/c1-21-13(20)10-4-9(6-16-10)11-7-22-14(17-11)18-12(19)8-2-3-15-5-8;/h4,6-8,15-16H,2-3,5H2,1H3,(H,17,18,19);1H. The van der Waals surface area contributed by atoms with Gasteiger partial charge in [-0.25, -0.2) is 9.78 Å². The molecule has 1 aliphatic heterocycles. The van der Waals surface area contributed by atoms with Crippen LogP contribution in [0.3, 0.4) is 0 Å². The van der Waals surface area contributed by atoms with Crippen molar-refractivity contribution in [3.05, 3.63) is 23.3 Å². The third kappa shape index (κ3) is 3.90. The van der Waals surface area contributed by atoms with Crippen LogP contribution in [0.2, 0.25) is 0 Å². The van der Waals surface area contributed by atoms with Crippen molar-refractivity contribution in [2.75, 3.05) is 25.5 Å². The highest BCUT2D eigenvalue weighted by Crippen LogP contribution is 2.26. The number of carbonyl (C=O) groups is 2. The first kappa shape index (κ1) is 17.5. The molecular formula is C14H17ClN4O3S. The van der Waals surface area contributed by atoms with Gasteiger partial charge in [-0.3, -0.25) is 4.79 Å². The lowest BCUT2D eigenvalue weighted by atomic mass is 10.1. The number of methoxy groups -OCH3 is 1. The Labute approximate surface area is 143 Å². The van der Waals surface area contributed by atoms with Gasteiger partial charge in [-0.05, 0) is 19.0 Å². The molecule has 124 valence electrons. The Morgan fingerprint density at radius 3 is 3.00 bits per heavy atom. The van der Waals surface area contributed by atoms with Gasteiger partial charge in [0.2, 0.25) is 5.91 Å². The van der Waals surface area contributed by atoms with Crippen LogP contribution in [0.4, 0.5) is 5.13 Å². The summed E-state index contributed by atoms with van der Waals surface area (Å²) in [5, 5.41) is 8.41. The highest BCUT2D eigenvalue weighted by Gasteiger charge is 2.23. The van der Waals surface area contributed by atoms with E-state index in [0.717, 1.165) is 18.5 Å². The average Bonchev–Trinajstić information content (AvgIpc) is 3.25. The Morgan fingerprint density at radius 1 is 1.48 bits per heavy atom. The van der Waals surface area contributed by atoms with Crippen molar-refractivity contribution in [3.8, 4) is 11.3 Å². The van der Waals surface area contributed by atoms with Crippen molar-refractivity contribution in [1.29, 1.82) is 0 Å². The van der Waals surface area contributed by atoms with Crippen LogP contribution in [-0.2, 0) is 9.53 Å². The number of rotatable bonds is 4. The number of H-pyrrole nitrogens is 1. The van der Waals surface area contributed by atoms with Crippen LogP contribution in [0.5, 0.6) is 0 Å². The molecule has 1 aliphatic rings. The van der Waals surface area contributed by atoms with E-state index >= 15 is 0 Å². The zero-order chi connectivity index (χ0) is 15.5. The molecule has 0 aliphatic carbocycles. The fourth-order valence-electron chi connectivity index (χ4n) is 2.32. The summed E-state index contributed by atoms with van der Waals surface area (Å²) in [4.78, 5) is 30.7. The number of hydrogen-bond acceptors (Lipinski definition) is 6. The van der Waals surface area contributed by atoms with Gasteiger partial charge in [0.1, 0.15) is 5.69 Å². The quantitative estimate of drug-likeness (QED) is 0.727. The summed E-state index contributed by atoms with van der Waals surface area (Å²) in [6.07, 6.45) is 2.54.